The molecule has 2 bridgehead atoms. The van der Waals surface area contributed by atoms with E-state index < -0.39 is 10.8 Å². The standard InChI is InChI=1S/C14H25NOS/c1-17(16)7-3-6-15-14-9-10-8-13(14)12-5-2-4-11(10)12/h10-15H,2-9H2,1H3/t10-,11+,12-,13+,14-,17-/m0/s1. The maximum Gasteiger partial charge on any atom is 0.0244 e. The fourth-order valence-corrected chi connectivity index (χ4v) is 5.42. The predicted octanol–water partition coefficient (Wildman–Crippen LogP) is 2.17. The van der Waals surface area contributed by atoms with E-state index in [-0.39, 0.29) is 0 Å². The van der Waals surface area contributed by atoms with Gasteiger partial charge < -0.3 is 5.32 Å². The van der Waals surface area contributed by atoms with Gasteiger partial charge in [0.25, 0.3) is 0 Å². The van der Waals surface area contributed by atoms with Gasteiger partial charge in [0.2, 0.25) is 0 Å². The van der Waals surface area contributed by atoms with E-state index >= 15 is 0 Å². The summed E-state index contributed by atoms with van der Waals surface area (Å²) in [6.07, 6.45) is 10.3. The van der Waals surface area contributed by atoms with E-state index in [1.165, 1.54) is 32.1 Å². The van der Waals surface area contributed by atoms with Gasteiger partial charge in [0.1, 0.15) is 0 Å². The normalized spacial score (nSPS) is 45.1. The van der Waals surface area contributed by atoms with Gasteiger partial charge in [-0.25, -0.2) is 0 Å². The maximum atomic E-state index is 11.0. The molecule has 1 N–H and O–H groups in total. The Labute approximate surface area is 107 Å². The summed E-state index contributed by atoms with van der Waals surface area (Å²) < 4.78 is 11.0. The van der Waals surface area contributed by atoms with Gasteiger partial charge in [-0.2, -0.15) is 0 Å². The highest BCUT2D eigenvalue weighted by atomic mass is 32.2. The molecule has 0 radical (unpaired) electrons. The summed E-state index contributed by atoms with van der Waals surface area (Å²) in [5.41, 5.74) is 0. The monoisotopic (exact) mass is 255 g/mol. The van der Waals surface area contributed by atoms with Gasteiger partial charge in [-0.05, 0) is 62.3 Å². The van der Waals surface area contributed by atoms with Crippen LogP contribution in [-0.2, 0) is 10.8 Å². The highest BCUT2D eigenvalue weighted by Crippen LogP contribution is 2.58. The third-order valence-corrected chi connectivity index (χ3v) is 6.31. The van der Waals surface area contributed by atoms with Gasteiger partial charge in [0.05, 0.1) is 0 Å². The molecule has 0 unspecified atom stereocenters. The quantitative estimate of drug-likeness (QED) is 0.763. The first-order valence-electron chi connectivity index (χ1n) is 7.29. The van der Waals surface area contributed by atoms with E-state index in [1.807, 2.05) is 0 Å². The van der Waals surface area contributed by atoms with E-state index in [0.717, 1.165) is 48.4 Å². The molecule has 0 amide bonds. The largest absolute Gasteiger partial charge is 0.314 e. The van der Waals surface area contributed by atoms with Crippen LogP contribution < -0.4 is 5.32 Å². The average Bonchev–Trinajstić information content (AvgIpc) is 2.95. The molecule has 0 heterocycles. The van der Waals surface area contributed by atoms with Crippen molar-refractivity contribution in [2.45, 2.75) is 44.6 Å². The van der Waals surface area contributed by atoms with Crippen LogP contribution in [0.25, 0.3) is 0 Å². The van der Waals surface area contributed by atoms with Crippen LogP contribution in [0.4, 0.5) is 0 Å². The van der Waals surface area contributed by atoms with Crippen molar-refractivity contribution >= 4 is 10.8 Å². The van der Waals surface area contributed by atoms with E-state index in [2.05, 4.69) is 5.32 Å². The lowest BCUT2D eigenvalue weighted by molar-refractivity contribution is 0.209. The molecule has 0 spiro atoms. The minimum absolute atomic E-state index is 0.615. The lowest BCUT2D eigenvalue weighted by atomic mass is 9.79. The fourth-order valence-electron chi connectivity index (χ4n) is 4.87. The second-order valence-corrected chi connectivity index (χ2v) is 7.90. The Balaban J connectivity index is 1.46. The smallest absolute Gasteiger partial charge is 0.0244 e. The molecular weight excluding hydrogens is 230 g/mol. The highest BCUT2D eigenvalue weighted by molar-refractivity contribution is 7.84. The Morgan fingerprint density at radius 1 is 1.18 bits per heavy atom. The molecule has 3 rings (SSSR count). The summed E-state index contributed by atoms with van der Waals surface area (Å²) in [5, 5.41) is 3.75. The van der Waals surface area contributed by atoms with Crippen LogP contribution in [0.2, 0.25) is 0 Å². The molecule has 3 aliphatic rings. The minimum Gasteiger partial charge on any atom is -0.314 e. The van der Waals surface area contributed by atoms with Crippen molar-refractivity contribution in [1.82, 2.24) is 5.32 Å². The van der Waals surface area contributed by atoms with Gasteiger partial charge in [0.15, 0.2) is 0 Å². The van der Waals surface area contributed by atoms with Gasteiger partial charge in [0, 0.05) is 28.9 Å². The second kappa shape index (κ2) is 5.00. The molecular formula is C14H25NOS. The van der Waals surface area contributed by atoms with Crippen molar-refractivity contribution in [3.05, 3.63) is 0 Å². The van der Waals surface area contributed by atoms with Crippen molar-refractivity contribution in [3.63, 3.8) is 0 Å². The third kappa shape index (κ3) is 2.33. The Bertz CT molecular complexity index is 307. The Morgan fingerprint density at radius 2 is 2.00 bits per heavy atom. The zero-order chi connectivity index (χ0) is 11.8. The summed E-state index contributed by atoms with van der Waals surface area (Å²) in [7, 11) is -0.615. The van der Waals surface area contributed by atoms with E-state index in [0.29, 0.717) is 0 Å². The molecule has 0 aliphatic heterocycles. The molecule has 3 saturated carbocycles. The number of nitrogens with one attached hydrogen (secondary N) is 1. The third-order valence-electron chi connectivity index (χ3n) is 5.44. The van der Waals surface area contributed by atoms with E-state index in [1.54, 1.807) is 6.26 Å². The van der Waals surface area contributed by atoms with E-state index in [4.69, 9.17) is 0 Å². The number of fused-ring (bicyclic) bond motifs is 5. The van der Waals surface area contributed by atoms with E-state index in [9.17, 15) is 4.21 Å². The van der Waals surface area contributed by atoms with Gasteiger partial charge >= 0.3 is 0 Å². The zero-order valence-corrected chi connectivity index (χ0v) is 11.7. The van der Waals surface area contributed by atoms with Crippen LogP contribution >= 0.6 is 0 Å². The van der Waals surface area contributed by atoms with Crippen LogP contribution in [-0.4, -0.2) is 28.8 Å². The first-order chi connectivity index (χ1) is 8.25. The maximum absolute atomic E-state index is 11.0. The Kier molecular flexibility index (Phi) is 3.58. The molecule has 3 fully saturated rings. The van der Waals surface area contributed by atoms with Gasteiger partial charge in [-0.1, -0.05) is 6.42 Å². The minimum atomic E-state index is -0.615. The van der Waals surface area contributed by atoms with Crippen molar-refractivity contribution in [1.29, 1.82) is 0 Å². The molecule has 3 aliphatic carbocycles. The number of hydrogen-bond donors (Lipinski definition) is 1. The Hall–Kier alpha value is 0.110. The molecule has 2 nitrogen and oxygen atoms in total. The first kappa shape index (κ1) is 12.2. The molecule has 98 valence electrons. The number of hydrogen-bond acceptors (Lipinski definition) is 2. The van der Waals surface area contributed by atoms with Crippen LogP contribution in [0, 0.1) is 23.7 Å². The summed E-state index contributed by atoms with van der Waals surface area (Å²) >= 11 is 0. The van der Waals surface area contributed by atoms with Crippen LogP contribution in [0.5, 0.6) is 0 Å². The summed E-state index contributed by atoms with van der Waals surface area (Å²) in [6, 6.07) is 0.796. The van der Waals surface area contributed by atoms with Crippen molar-refractivity contribution < 1.29 is 4.21 Å². The summed E-state index contributed by atoms with van der Waals surface area (Å²) in [5.74, 6) is 5.05. The molecule has 17 heavy (non-hydrogen) atoms. The molecule has 3 heteroatoms. The topological polar surface area (TPSA) is 29.1 Å². The van der Waals surface area contributed by atoms with Crippen molar-refractivity contribution in [2.24, 2.45) is 23.7 Å². The van der Waals surface area contributed by atoms with Crippen molar-refractivity contribution in [3.8, 4) is 0 Å². The Morgan fingerprint density at radius 3 is 2.82 bits per heavy atom. The lowest BCUT2D eigenvalue weighted by Crippen LogP contribution is -2.39. The zero-order valence-electron chi connectivity index (χ0n) is 10.9. The summed E-state index contributed by atoms with van der Waals surface area (Å²) in [6.45, 7) is 1.07. The van der Waals surface area contributed by atoms with Gasteiger partial charge in [-0.3, -0.25) is 4.21 Å². The highest BCUT2D eigenvalue weighted by Gasteiger charge is 2.53. The fraction of sp³-hybridized carbons (Fsp3) is 1.00. The second-order valence-electron chi connectivity index (χ2n) is 6.35. The first-order valence-corrected chi connectivity index (χ1v) is 9.02. The molecule has 0 aromatic heterocycles. The van der Waals surface area contributed by atoms with Crippen LogP contribution in [0.1, 0.15) is 38.5 Å². The van der Waals surface area contributed by atoms with Crippen molar-refractivity contribution in [2.75, 3.05) is 18.6 Å². The average molecular weight is 255 g/mol. The molecule has 6 atom stereocenters. The van der Waals surface area contributed by atoms with Crippen LogP contribution in [0.3, 0.4) is 0 Å². The lowest BCUT2D eigenvalue weighted by Gasteiger charge is -2.32. The summed E-state index contributed by atoms with van der Waals surface area (Å²) in [4.78, 5) is 0. The van der Waals surface area contributed by atoms with Gasteiger partial charge in [-0.15, -0.1) is 0 Å². The molecule has 0 aromatic rings. The molecule has 0 aromatic carbocycles. The number of rotatable bonds is 5. The SMILES string of the molecule is C[S@](=O)CCCN[C@H]1C[C@@H]2C[C@@H]1[C@H]1CCC[C@H]21. The van der Waals surface area contributed by atoms with Crippen LogP contribution in [0.15, 0.2) is 0 Å². The molecule has 0 saturated heterocycles. The predicted molar refractivity (Wildman–Crippen MR) is 72.4 cm³/mol.